The van der Waals surface area contributed by atoms with E-state index in [2.05, 4.69) is 4.98 Å². The van der Waals surface area contributed by atoms with Crippen LogP contribution in [0.1, 0.15) is 21.5 Å². The first kappa shape index (κ1) is 10.4. The van der Waals surface area contributed by atoms with Crippen LogP contribution in [-0.4, -0.2) is 16.1 Å². The highest BCUT2D eigenvalue weighted by Gasteiger charge is 2.11. The number of carboxylic acids is 1. The second-order valence-electron chi connectivity index (χ2n) is 3.83. The lowest BCUT2D eigenvalue weighted by atomic mass is 10.0. The highest BCUT2D eigenvalue weighted by Crippen LogP contribution is 2.19. The van der Waals surface area contributed by atoms with Gasteiger partial charge in [0.15, 0.2) is 0 Å². The maximum absolute atomic E-state index is 11.3. The molecule has 0 bridgehead atoms. The molecule has 82 valence electrons. The van der Waals surface area contributed by atoms with Crippen molar-refractivity contribution in [2.24, 2.45) is 0 Å². The Bertz CT molecular complexity index is 640. The van der Waals surface area contributed by atoms with E-state index in [9.17, 15) is 9.59 Å². The number of rotatable bonds is 1. The van der Waals surface area contributed by atoms with Crippen molar-refractivity contribution < 1.29 is 9.90 Å². The van der Waals surface area contributed by atoms with Gasteiger partial charge in [-0.3, -0.25) is 4.79 Å². The molecule has 4 nitrogen and oxygen atoms in total. The van der Waals surface area contributed by atoms with Gasteiger partial charge in [-0.15, -0.1) is 0 Å². The van der Waals surface area contributed by atoms with Gasteiger partial charge in [-0.25, -0.2) is 4.79 Å². The van der Waals surface area contributed by atoms with Crippen LogP contribution < -0.4 is 5.56 Å². The molecule has 0 atom stereocenters. The summed E-state index contributed by atoms with van der Waals surface area (Å²) >= 11 is 0. The number of aromatic nitrogens is 1. The maximum atomic E-state index is 11.3. The molecule has 0 unspecified atom stereocenters. The summed E-state index contributed by atoms with van der Waals surface area (Å²) in [4.78, 5) is 24.9. The Labute approximate surface area is 91.5 Å². The van der Waals surface area contributed by atoms with Gasteiger partial charge >= 0.3 is 5.97 Å². The Morgan fingerprint density at radius 3 is 2.44 bits per heavy atom. The predicted molar refractivity (Wildman–Crippen MR) is 61.0 cm³/mol. The highest BCUT2D eigenvalue weighted by atomic mass is 16.4. The van der Waals surface area contributed by atoms with Crippen LogP contribution in [0.5, 0.6) is 0 Å². The molecule has 1 aromatic carbocycles. The molecule has 0 spiro atoms. The van der Waals surface area contributed by atoms with Crippen LogP contribution >= 0.6 is 0 Å². The molecule has 2 N–H and O–H groups in total. The topological polar surface area (TPSA) is 70.2 Å². The van der Waals surface area contributed by atoms with E-state index in [0.29, 0.717) is 10.9 Å². The van der Waals surface area contributed by atoms with Crippen molar-refractivity contribution in [1.82, 2.24) is 4.98 Å². The molecule has 4 heteroatoms. The van der Waals surface area contributed by atoms with Crippen LogP contribution in [0.4, 0.5) is 0 Å². The average Bonchev–Trinajstić information content (AvgIpc) is 2.19. The quantitative estimate of drug-likeness (QED) is 0.765. The Hall–Kier alpha value is -2.10. The number of aromatic carboxylic acids is 1. The molecule has 0 radical (unpaired) electrons. The van der Waals surface area contributed by atoms with Gasteiger partial charge < -0.3 is 10.1 Å². The minimum absolute atomic E-state index is 0.0434. The molecule has 0 aliphatic heterocycles. The standard InChI is InChI=1S/C12H11NO3/c1-6-3-8-9(12(15)16)5-11(14)13-10(8)4-7(6)2/h3-5H,1-2H3,(H,13,14)(H,15,16). The molecule has 0 amide bonds. The number of benzene rings is 1. The van der Waals surface area contributed by atoms with Gasteiger partial charge in [0.05, 0.1) is 5.56 Å². The Morgan fingerprint density at radius 2 is 1.81 bits per heavy atom. The summed E-state index contributed by atoms with van der Waals surface area (Å²) in [6.45, 7) is 3.83. The third-order valence-corrected chi connectivity index (χ3v) is 2.69. The van der Waals surface area contributed by atoms with Gasteiger partial charge in [0, 0.05) is 17.0 Å². The van der Waals surface area contributed by atoms with Crippen LogP contribution in [0.3, 0.4) is 0 Å². The van der Waals surface area contributed by atoms with E-state index in [-0.39, 0.29) is 5.56 Å². The fourth-order valence-electron chi connectivity index (χ4n) is 1.70. The third-order valence-electron chi connectivity index (χ3n) is 2.69. The van der Waals surface area contributed by atoms with E-state index < -0.39 is 11.5 Å². The number of pyridine rings is 1. The Balaban J connectivity index is 2.96. The maximum Gasteiger partial charge on any atom is 0.336 e. The molecular formula is C12H11NO3. The normalized spacial score (nSPS) is 10.6. The Morgan fingerprint density at radius 1 is 1.19 bits per heavy atom. The van der Waals surface area contributed by atoms with Crippen molar-refractivity contribution in [3.05, 3.63) is 45.2 Å². The number of carboxylic acid groups (broad SMARTS) is 1. The first-order valence-corrected chi connectivity index (χ1v) is 4.86. The lowest BCUT2D eigenvalue weighted by Gasteiger charge is -2.06. The fraction of sp³-hybridized carbons (Fsp3) is 0.167. The summed E-state index contributed by atoms with van der Waals surface area (Å²) < 4.78 is 0. The van der Waals surface area contributed by atoms with Crippen molar-refractivity contribution in [3.8, 4) is 0 Å². The second kappa shape index (κ2) is 3.48. The Kier molecular flexibility index (Phi) is 2.27. The number of aromatic amines is 1. The number of H-pyrrole nitrogens is 1. The predicted octanol–water partition coefficient (Wildman–Crippen LogP) is 1.84. The molecule has 1 heterocycles. The number of nitrogens with one attached hydrogen (secondary N) is 1. The van der Waals surface area contributed by atoms with E-state index in [1.54, 1.807) is 12.1 Å². The summed E-state index contributed by atoms with van der Waals surface area (Å²) in [6.07, 6.45) is 0. The zero-order valence-electron chi connectivity index (χ0n) is 9.00. The van der Waals surface area contributed by atoms with Crippen LogP contribution in [0.15, 0.2) is 23.0 Å². The molecule has 0 aliphatic rings. The van der Waals surface area contributed by atoms with Crippen molar-refractivity contribution in [2.75, 3.05) is 0 Å². The van der Waals surface area contributed by atoms with Crippen LogP contribution in [0.2, 0.25) is 0 Å². The molecule has 2 rings (SSSR count). The van der Waals surface area contributed by atoms with Crippen molar-refractivity contribution >= 4 is 16.9 Å². The molecule has 1 aromatic heterocycles. The van der Waals surface area contributed by atoms with E-state index >= 15 is 0 Å². The average molecular weight is 217 g/mol. The van der Waals surface area contributed by atoms with Crippen molar-refractivity contribution in [3.63, 3.8) is 0 Å². The lowest BCUT2D eigenvalue weighted by Crippen LogP contribution is -2.10. The molecule has 2 aromatic rings. The minimum Gasteiger partial charge on any atom is -0.478 e. The monoisotopic (exact) mass is 217 g/mol. The fourth-order valence-corrected chi connectivity index (χ4v) is 1.70. The third kappa shape index (κ3) is 1.58. The van der Waals surface area contributed by atoms with Gasteiger partial charge in [-0.2, -0.15) is 0 Å². The molecule has 0 fully saturated rings. The summed E-state index contributed by atoms with van der Waals surface area (Å²) in [5.74, 6) is -1.08. The number of aryl methyl sites for hydroxylation is 2. The summed E-state index contributed by atoms with van der Waals surface area (Å²) in [5, 5.41) is 9.58. The molecule has 16 heavy (non-hydrogen) atoms. The van der Waals surface area contributed by atoms with Crippen LogP contribution in [0, 0.1) is 13.8 Å². The van der Waals surface area contributed by atoms with Gasteiger partial charge in [0.2, 0.25) is 5.56 Å². The molecular weight excluding hydrogens is 206 g/mol. The SMILES string of the molecule is Cc1cc2[nH]c(=O)cc(C(=O)O)c2cc1C. The van der Waals surface area contributed by atoms with E-state index in [4.69, 9.17) is 5.11 Å². The van der Waals surface area contributed by atoms with E-state index in [1.807, 2.05) is 13.8 Å². The smallest absolute Gasteiger partial charge is 0.336 e. The highest BCUT2D eigenvalue weighted by molar-refractivity contribution is 6.02. The zero-order chi connectivity index (χ0) is 11.9. The summed E-state index contributed by atoms with van der Waals surface area (Å²) in [7, 11) is 0. The first-order valence-electron chi connectivity index (χ1n) is 4.86. The van der Waals surface area contributed by atoms with Crippen molar-refractivity contribution in [2.45, 2.75) is 13.8 Å². The molecule has 0 aliphatic carbocycles. The number of carbonyl (C=O) groups is 1. The van der Waals surface area contributed by atoms with Crippen molar-refractivity contribution in [1.29, 1.82) is 0 Å². The number of hydrogen-bond acceptors (Lipinski definition) is 2. The van der Waals surface area contributed by atoms with E-state index in [1.165, 1.54) is 0 Å². The van der Waals surface area contributed by atoms with Crippen LogP contribution in [0.25, 0.3) is 10.9 Å². The van der Waals surface area contributed by atoms with Gasteiger partial charge in [-0.1, -0.05) is 0 Å². The zero-order valence-corrected chi connectivity index (χ0v) is 9.00. The summed E-state index contributed by atoms with van der Waals surface area (Å²) in [6, 6.07) is 4.68. The minimum atomic E-state index is -1.08. The molecule has 0 saturated heterocycles. The summed E-state index contributed by atoms with van der Waals surface area (Å²) in [5.41, 5.74) is 2.23. The molecule has 0 saturated carbocycles. The first-order chi connectivity index (χ1) is 7.49. The van der Waals surface area contributed by atoms with Gasteiger partial charge in [0.1, 0.15) is 0 Å². The number of hydrogen-bond donors (Lipinski definition) is 2. The second-order valence-corrected chi connectivity index (χ2v) is 3.83. The van der Waals surface area contributed by atoms with Gasteiger partial charge in [-0.05, 0) is 37.1 Å². The lowest BCUT2D eigenvalue weighted by molar-refractivity contribution is 0.0699. The number of fused-ring (bicyclic) bond motifs is 1. The van der Waals surface area contributed by atoms with E-state index in [0.717, 1.165) is 17.2 Å². The van der Waals surface area contributed by atoms with Gasteiger partial charge in [0.25, 0.3) is 0 Å². The van der Waals surface area contributed by atoms with Crippen LogP contribution in [-0.2, 0) is 0 Å². The largest absolute Gasteiger partial charge is 0.478 e.